The molecule has 0 spiro atoms. The van der Waals surface area contributed by atoms with Crippen LogP contribution in [0.5, 0.6) is 0 Å². The zero-order chi connectivity index (χ0) is 49.7. The van der Waals surface area contributed by atoms with Crippen LogP contribution < -0.4 is 0 Å². The van der Waals surface area contributed by atoms with E-state index in [9.17, 15) is 15.8 Å². The highest BCUT2D eigenvalue weighted by Crippen LogP contribution is 2.43. The minimum atomic E-state index is 0.509. The number of rotatable bonds is 8. The fraction of sp³-hybridized carbons (Fsp3) is 0. The molecule has 0 aliphatic rings. The Morgan fingerprint density at radius 2 is 0.716 bits per heavy atom. The van der Waals surface area contributed by atoms with E-state index in [-0.39, 0.29) is 0 Å². The molecule has 0 N–H and O–H groups in total. The third-order valence-electron chi connectivity index (χ3n) is 13.9. The fourth-order valence-corrected chi connectivity index (χ4v) is 10.4. The lowest BCUT2D eigenvalue weighted by Crippen LogP contribution is -2.04. The van der Waals surface area contributed by atoms with Gasteiger partial charge in [-0.25, -0.2) is 15.0 Å². The highest BCUT2D eigenvalue weighted by atomic mass is 15.0. The number of nitriles is 3. The first-order valence-electron chi connectivity index (χ1n) is 24.2. The number of hydrogen-bond acceptors (Lipinski definition) is 6. The second-order valence-corrected chi connectivity index (χ2v) is 18.1. The zero-order valence-electron chi connectivity index (χ0n) is 39.5. The first kappa shape index (κ1) is 43.3. The maximum atomic E-state index is 11.5. The second-order valence-electron chi connectivity index (χ2n) is 18.1. The first-order chi connectivity index (χ1) is 36.5. The van der Waals surface area contributed by atoms with Crippen LogP contribution in [0, 0.1) is 34.0 Å². The molecule has 0 bridgehead atoms. The molecular weight excluding hydrogens is 905 g/mol. The summed E-state index contributed by atoms with van der Waals surface area (Å²) >= 11 is 0. The Morgan fingerprint density at radius 1 is 0.284 bits per heavy atom. The summed E-state index contributed by atoms with van der Waals surface area (Å²) in [7, 11) is 0. The molecule has 8 heteroatoms. The van der Waals surface area contributed by atoms with Gasteiger partial charge in [-0.3, -0.25) is 0 Å². The summed E-state index contributed by atoms with van der Waals surface area (Å²) in [6, 6.07) is 84.5. The van der Waals surface area contributed by atoms with E-state index in [4.69, 9.17) is 15.0 Å². The molecule has 8 nitrogen and oxygen atoms in total. The van der Waals surface area contributed by atoms with E-state index in [0.29, 0.717) is 34.2 Å². The Morgan fingerprint density at radius 3 is 1.22 bits per heavy atom. The van der Waals surface area contributed by atoms with Crippen LogP contribution in [0.25, 0.3) is 123 Å². The third kappa shape index (κ3) is 7.33. The van der Waals surface area contributed by atoms with Crippen molar-refractivity contribution in [3.63, 3.8) is 0 Å². The van der Waals surface area contributed by atoms with Gasteiger partial charge in [0.1, 0.15) is 6.07 Å². The van der Waals surface area contributed by atoms with Gasteiger partial charge in [-0.1, -0.05) is 158 Å². The fourth-order valence-electron chi connectivity index (χ4n) is 10.4. The van der Waals surface area contributed by atoms with Crippen molar-refractivity contribution in [1.82, 2.24) is 24.1 Å². The average molecular weight is 943 g/mol. The minimum Gasteiger partial charge on any atom is -0.309 e. The molecule has 3 heterocycles. The van der Waals surface area contributed by atoms with Crippen molar-refractivity contribution in [1.29, 1.82) is 15.8 Å². The second kappa shape index (κ2) is 17.9. The van der Waals surface area contributed by atoms with Gasteiger partial charge in [-0.15, -0.1) is 0 Å². The van der Waals surface area contributed by atoms with Gasteiger partial charge in [0.2, 0.25) is 0 Å². The lowest BCUT2D eigenvalue weighted by molar-refractivity contribution is 1.07. The summed E-state index contributed by atoms with van der Waals surface area (Å²) in [4.78, 5) is 15.3. The SMILES string of the molecule is N#Cc1ccc(-c2ccc3c(c2)c2ccccc2n3-c2cc(-c3nc(-c4ccccc4)nc(-c4ccccc4)n3)ccc2-c2cccc(-n3c4ccccc4c4cc(-c5ccc(C#N)cc5)ccc43)c2C#N)cc1. The van der Waals surface area contributed by atoms with Crippen molar-refractivity contribution in [2.75, 3.05) is 0 Å². The predicted octanol–water partition coefficient (Wildman–Crippen LogP) is 15.7. The molecule has 3 aromatic heterocycles. The van der Waals surface area contributed by atoms with Gasteiger partial charge in [0.15, 0.2) is 17.5 Å². The van der Waals surface area contributed by atoms with E-state index in [0.717, 1.165) is 105 Å². The molecule has 13 aromatic rings. The standard InChI is InChI=1S/C66H38N8/c67-39-42-22-26-44(27-23-42)48-31-34-61-55(36-48)52-16-7-9-19-58(52)73(61)60-21-11-18-51(57(60)41-69)54-33-30-50(66-71-64(46-12-3-1-4-13-46)70-65(72-66)47-14-5-2-6-15-47)38-63(54)74-59-20-10-8-17-53(59)56-37-49(32-35-62(56)74)45-28-24-43(40-68)25-29-45/h1-38H. The number of fused-ring (bicyclic) bond motifs is 6. The summed E-state index contributed by atoms with van der Waals surface area (Å²) in [5.74, 6) is 1.62. The zero-order valence-corrected chi connectivity index (χ0v) is 39.5. The van der Waals surface area contributed by atoms with Crippen molar-refractivity contribution < 1.29 is 0 Å². The van der Waals surface area contributed by atoms with E-state index in [2.05, 4.69) is 112 Å². The molecule has 342 valence electrons. The molecule has 13 rings (SSSR count). The van der Waals surface area contributed by atoms with Crippen LogP contribution in [-0.2, 0) is 0 Å². The van der Waals surface area contributed by atoms with Crippen LogP contribution in [0.3, 0.4) is 0 Å². The van der Waals surface area contributed by atoms with Gasteiger partial charge in [0, 0.05) is 49.4 Å². The van der Waals surface area contributed by atoms with Crippen molar-refractivity contribution in [3.05, 3.63) is 247 Å². The summed E-state index contributed by atoms with van der Waals surface area (Å²) in [6.07, 6.45) is 0. The molecule has 0 fully saturated rings. The average Bonchev–Trinajstić information content (AvgIpc) is 3.99. The highest BCUT2D eigenvalue weighted by molar-refractivity contribution is 6.12. The minimum absolute atomic E-state index is 0.509. The Balaban J connectivity index is 1.06. The Hall–Kier alpha value is -10.7. The van der Waals surface area contributed by atoms with E-state index in [1.807, 2.05) is 146 Å². The summed E-state index contributed by atoms with van der Waals surface area (Å²) in [5.41, 5.74) is 15.4. The maximum absolute atomic E-state index is 11.5. The molecule has 0 aliphatic heterocycles. The summed E-state index contributed by atoms with van der Waals surface area (Å²) in [5, 5.41) is 34.8. The highest BCUT2D eigenvalue weighted by Gasteiger charge is 2.24. The topological polar surface area (TPSA) is 120 Å². The molecule has 0 unspecified atom stereocenters. The van der Waals surface area contributed by atoms with Gasteiger partial charge in [-0.05, 0) is 95.1 Å². The number of benzene rings is 10. The van der Waals surface area contributed by atoms with Gasteiger partial charge in [-0.2, -0.15) is 15.8 Å². The first-order valence-corrected chi connectivity index (χ1v) is 24.2. The maximum Gasteiger partial charge on any atom is 0.164 e. The van der Waals surface area contributed by atoms with Crippen LogP contribution in [0.2, 0.25) is 0 Å². The van der Waals surface area contributed by atoms with Crippen LogP contribution in [0.4, 0.5) is 0 Å². The summed E-state index contributed by atoms with van der Waals surface area (Å²) < 4.78 is 4.50. The Labute approximate surface area is 425 Å². The van der Waals surface area contributed by atoms with Crippen molar-refractivity contribution in [2.45, 2.75) is 0 Å². The largest absolute Gasteiger partial charge is 0.309 e. The number of aromatic nitrogens is 5. The lowest BCUT2D eigenvalue weighted by atomic mass is 9.95. The quantitative estimate of drug-likeness (QED) is 0.150. The van der Waals surface area contributed by atoms with E-state index < -0.39 is 0 Å². The Kier molecular flexibility index (Phi) is 10.5. The molecule has 0 aliphatic carbocycles. The molecule has 0 saturated carbocycles. The van der Waals surface area contributed by atoms with Crippen molar-refractivity contribution in [2.24, 2.45) is 0 Å². The van der Waals surface area contributed by atoms with Crippen molar-refractivity contribution in [3.8, 4) is 97.1 Å². The monoisotopic (exact) mass is 942 g/mol. The van der Waals surface area contributed by atoms with E-state index in [1.165, 1.54) is 0 Å². The molecule has 0 amide bonds. The van der Waals surface area contributed by atoms with Crippen LogP contribution in [0.1, 0.15) is 16.7 Å². The van der Waals surface area contributed by atoms with Crippen LogP contribution in [0.15, 0.2) is 231 Å². The van der Waals surface area contributed by atoms with E-state index >= 15 is 0 Å². The molecule has 0 radical (unpaired) electrons. The normalized spacial score (nSPS) is 11.2. The summed E-state index contributed by atoms with van der Waals surface area (Å²) in [6.45, 7) is 0. The molecular formula is C66H38N8. The van der Waals surface area contributed by atoms with Gasteiger partial charge in [0.25, 0.3) is 0 Å². The lowest BCUT2D eigenvalue weighted by Gasteiger charge is -2.19. The Bertz CT molecular complexity index is 4430. The number of nitrogens with zero attached hydrogens (tertiary/aromatic N) is 8. The molecule has 0 atom stereocenters. The molecule has 10 aromatic carbocycles. The smallest absolute Gasteiger partial charge is 0.164 e. The van der Waals surface area contributed by atoms with Crippen molar-refractivity contribution >= 4 is 43.6 Å². The van der Waals surface area contributed by atoms with Gasteiger partial charge >= 0.3 is 0 Å². The van der Waals surface area contributed by atoms with Gasteiger partial charge < -0.3 is 9.13 Å². The molecule has 0 saturated heterocycles. The number of hydrogen-bond donors (Lipinski definition) is 0. The van der Waals surface area contributed by atoms with Gasteiger partial charge in [0.05, 0.1) is 62.3 Å². The number of para-hydroxylation sites is 2. The predicted molar refractivity (Wildman–Crippen MR) is 295 cm³/mol. The van der Waals surface area contributed by atoms with E-state index in [1.54, 1.807) is 0 Å². The third-order valence-corrected chi connectivity index (χ3v) is 13.9. The van der Waals surface area contributed by atoms with Crippen LogP contribution in [-0.4, -0.2) is 24.1 Å². The molecule has 74 heavy (non-hydrogen) atoms. The van der Waals surface area contributed by atoms with Crippen LogP contribution >= 0.6 is 0 Å².